The Bertz CT molecular complexity index is 163. The van der Waals surface area contributed by atoms with Crippen molar-refractivity contribution in [2.45, 2.75) is 43.8 Å². The lowest BCUT2D eigenvalue weighted by Crippen LogP contribution is -2.30. The molecule has 0 aromatic carbocycles. The smallest absolute Gasteiger partial charge is 0.0895 e. The van der Waals surface area contributed by atoms with Crippen LogP contribution in [0.4, 0.5) is 0 Å². The van der Waals surface area contributed by atoms with E-state index in [-0.39, 0.29) is 5.60 Å². The third-order valence-corrected chi connectivity index (χ3v) is 2.83. The van der Waals surface area contributed by atoms with Crippen LogP contribution in [0.3, 0.4) is 0 Å². The molecule has 2 fully saturated rings. The van der Waals surface area contributed by atoms with Crippen molar-refractivity contribution in [3.05, 3.63) is 0 Å². The average molecular weight is 156 g/mol. The van der Waals surface area contributed by atoms with Gasteiger partial charge >= 0.3 is 0 Å². The second kappa shape index (κ2) is 2.20. The standard InChI is InChI=1S/C9H16O2/c1-8(7-10-2)3-4-9(11-8)5-6-9/h3-7H2,1-2H3. The molecular formula is C9H16O2. The summed E-state index contributed by atoms with van der Waals surface area (Å²) in [6.07, 6.45) is 4.95. The summed E-state index contributed by atoms with van der Waals surface area (Å²) in [5, 5.41) is 0. The predicted molar refractivity (Wildman–Crippen MR) is 42.6 cm³/mol. The van der Waals surface area contributed by atoms with Crippen LogP contribution in [0.2, 0.25) is 0 Å². The molecule has 1 saturated heterocycles. The van der Waals surface area contributed by atoms with Gasteiger partial charge in [-0.05, 0) is 32.6 Å². The zero-order valence-corrected chi connectivity index (χ0v) is 7.35. The summed E-state index contributed by atoms with van der Waals surface area (Å²) < 4.78 is 11.1. The van der Waals surface area contributed by atoms with Gasteiger partial charge in [0, 0.05) is 7.11 Å². The fraction of sp³-hybridized carbons (Fsp3) is 1.00. The quantitative estimate of drug-likeness (QED) is 0.606. The topological polar surface area (TPSA) is 18.5 Å². The Morgan fingerprint density at radius 2 is 1.91 bits per heavy atom. The van der Waals surface area contributed by atoms with E-state index in [0.717, 1.165) is 6.61 Å². The largest absolute Gasteiger partial charge is 0.382 e. The van der Waals surface area contributed by atoms with Crippen molar-refractivity contribution < 1.29 is 9.47 Å². The van der Waals surface area contributed by atoms with E-state index in [1.165, 1.54) is 25.7 Å². The molecule has 0 N–H and O–H groups in total. The molecule has 1 atom stereocenters. The fourth-order valence-electron chi connectivity index (χ4n) is 2.02. The van der Waals surface area contributed by atoms with Crippen molar-refractivity contribution in [2.75, 3.05) is 13.7 Å². The minimum atomic E-state index is 0.0191. The van der Waals surface area contributed by atoms with Crippen LogP contribution in [0, 0.1) is 0 Å². The highest BCUT2D eigenvalue weighted by Crippen LogP contribution is 2.53. The van der Waals surface area contributed by atoms with E-state index in [4.69, 9.17) is 9.47 Å². The molecule has 0 amide bonds. The molecule has 1 spiro atoms. The molecule has 1 aliphatic heterocycles. The maximum Gasteiger partial charge on any atom is 0.0895 e. The van der Waals surface area contributed by atoms with Crippen LogP contribution in [0.5, 0.6) is 0 Å². The Labute approximate surface area is 67.9 Å². The third-order valence-electron chi connectivity index (χ3n) is 2.83. The summed E-state index contributed by atoms with van der Waals surface area (Å²) in [6.45, 7) is 2.90. The molecule has 0 bridgehead atoms. The first-order valence-corrected chi connectivity index (χ1v) is 4.37. The maximum atomic E-state index is 5.96. The van der Waals surface area contributed by atoms with E-state index in [1.54, 1.807) is 7.11 Å². The van der Waals surface area contributed by atoms with Gasteiger partial charge in [0.25, 0.3) is 0 Å². The van der Waals surface area contributed by atoms with E-state index in [0.29, 0.717) is 5.60 Å². The summed E-state index contributed by atoms with van der Waals surface area (Å²) in [5.41, 5.74) is 0.318. The van der Waals surface area contributed by atoms with Gasteiger partial charge in [0.2, 0.25) is 0 Å². The second-order valence-electron chi connectivity index (χ2n) is 4.17. The predicted octanol–water partition coefficient (Wildman–Crippen LogP) is 1.73. The highest BCUT2D eigenvalue weighted by Gasteiger charge is 2.54. The Balaban J connectivity index is 1.96. The van der Waals surface area contributed by atoms with Crippen LogP contribution in [0.1, 0.15) is 32.6 Å². The van der Waals surface area contributed by atoms with Crippen LogP contribution in [-0.4, -0.2) is 24.9 Å². The van der Waals surface area contributed by atoms with Crippen LogP contribution < -0.4 is 0 Å². The third kappa shape index (κ3) is 1.30. The maximum absolute atomic E-state index is 5.96. The molecule has 2 rings (SSSR count). The van der Waals surface area contributed by atoms with Gasteiger partial charge in [0.05, 0.1) is 17.8 Å². The molecule has 2 heteroatoms. The molecule has 11 heavy (non-hydrogen) atoms. The van der Waals surface area contributed by atoms with E-state index < -0.39 is 0 Å². The lowest BCUT2D eigenvalue weighted by atomic mass is 10.0. The SMILES string of the molecule is COCC1(C)CCC2(CC2)O1. The molecule has 2 nitrogen and oxygen atoms in total. The minimum Gasteiger partial charge on any atom is -0.382 e. The van der Waals surface area contributed by atoms with Crippen molar-refractivity contribution in [1.29, 1.82) is 0 Å². The molecule has 2 aliphatic rings. The summed E-state index contributed by atoms with van der Waals surface area (Å²) >= 11 is 0. The summed E-state index contributed by atoms with van der Waals surface area (Å²) in [6, 6.07) is 0. The molecule has 1 unspecified atom stereocenters. The van der Waals surface area contributed by atoms with Crippen LogP contribution >= 0.6 is 0 Å². The van der Waals surface area contributed by atoms with Gasteiger partial charge in [-0.2, -0.15) is 0 Å². The van der Waals surface area contributed by atoms with E-state index in [9.17, 15) is 0 Å². The molecule has 0 radical (unpaired) electrons. The first-order chi connectivity index (χ1) is 5.18. The van der Waals surface area contributed by atoms with Crippen molar-refractivity contribution in [3.63, 3.8) is 0 Å². The Morgan fingerprint density at radius 3 is 2.36 bits per heavy atom. The molecule has 0 aromatic heterocycles. The molecule has 0 aromatic rings. The van der Waals surface area contributed by atoms with Crippen LogP contribution in [0.25, 0.3) is 0 Å². The Kier molecular flexibility index (Phi) is 1.52. The monoisotopic (exact) mass is 156 g/mol. The first kappa shape index (κ1) is 7.56. The van der Waals surface area contributed by atoms with Gasteiger partial charge < -0.3 is 9.47 Å². The zero-order valence-electron chi connectivity index (χ0n) is 7.35. The average Bonchev–Trinajstić information content (AvgIpc) is 2.58. The number of methoxy groups -OCH3 is 1. The lowest BCUT2D eigenvalue weighted by molar-refractivity contribution is -0.0807. The molecule has 1 heterocycles. The molecular weight excluding hydrogens is 140 g/mol. The van der Waals surface area contributed by atoms with Crippen molar-refractivity contribution in [2.24, 2.45) is 0 Å². The normalized spacial score (nSPS) is 39.8. The first-order valence-electron chi connectivity index (χ1n) is 4.37. The fourth-order valence-corrected chi connectivity index (χ4v) is 2.02. The van der Waals surface area contributed by atoms with Crippen molar-refractivity contribution in [1.82, 2.24) is 0 Å². The van der Waals surface area contributed by atoms with Gasteiger partial charge in [0.15, 0.2) is 0 Å². The van der Waals surface area contributed by atoms with Gasteiger partial charge in [-0.1, -0.05) is 0 Å². The van der Waals surface area contributed by atoms with Crippen LogP contribution in [-0.2, 0) is 9.47 Å². The Hall–Kier alpha value is -0.0800. The van der Waals surface area contributed by atoms with E-state index in [1.807, 2.05) is 0 Å². The van der Waals surface area contributed by atoms with E-state index in [2.05, 4.69) is 6.92 Å². The summed E-state index contributed by atoms with van der Waals surface area (Å²) in [5.74, 6) is 0. The highest BCUT2D eigenvalue weighted by molar-refractivity contribution is 5.04. The molecule has 1 saturated carbocycles. The number of hydrogen-bond acceptors (Lipinski definition) is 2. The van der Waals surface area contributed by atoms with Crippen LogP contribution in [0.15, 0.2) is 0 Å². The number of hydrogen-bond donors (Lipinski definition) is 0. The lowest BCUT2D eigenvalue weighted by Gasteiger charge is -2.23. The number of ether oxygens (including phenoxy) is 2. The van der Waals surface area contributed by atoms with Gasteiger partial charge in [-0.25, -0.2) is 0 Å². The van der Waals surface area contributed by atoms with Gasteiger partial charge in [-0.3, -0.25) is 0 Å². The molecule has 1 aliphatic carbocycles. The number of rotatable bonds is 2. The Morgan fingerprint density at radius 1 is 1.27 bits per heavy atom. The van der Waals surface area contributed by atoms with E-state index >= 15 is 0 Å². The summed E-state index contributed by atoms with van der Waals surface area (Å²) in [4.78, 5) is 0. The highest BCUT2D eigenvalue weighted by atomic mass is 16.6. The summed E-state index contributed by atoms with van der Waals surface area (Å²) in [7, 11) is 1.74. The molecule has 64 valence electrons. The minimum absolute atomic E-state index is 0.0191. The zero-order chi connectivity index (χ0) is 7.95. The van der Waals surface area contributed by atoms with Crippen molar-refractivity contribution >= 4 is 0 Å². The van der Waals surface area contributed by atoms with Crippen molar-refractivity contribution in [3.8, 4) is 0 Å². The second-order valence-corrected chi connectivity index (χ2v) is 4.17. The van der Waals surface area contributed by atoms with Gasteiger partial charge in [-0.15, -0.1) is 0 Å². The van der Waals surface area contributed by atoms with Gasteiger partial charge in [0.1, 0.15) is 0 Å².